The van der Waals surface area contributed by atoms with E-state index < -0.39 is 0 Å². The molecule has 0 aliphatic carbocycles. The summed E-state index contributed by atoms with van der Waals surface area (Å²) in [6.45, 7) is 5.24. The molecule has 3 heteroatoms. The summed E-state index contributed by atoms with van der Waals surface area (Å²) in [5.74, 6) is 2.11. The SMILES string of the molecule is COc1ccc(NCCCCl)cc1C(C)C. The molecule has 0 amide bonds. The maximum Gasteiger partial charge on any atom is 0.122 e. The van der Waals surface area contributed by atoms with Crippen molar-refractivity contribution >= 4 is 17.3 Å². The summed E-state index contributed by atoms with van der Waals surface area (Å²) in [5.41, 5.74) is 2.37. The van der Waals surface area contributed by atoms with Crippen LogP contribution >= 0.6 is 11.6 Å². The highest BCUT2D eigenvalue weighted by atomic mass is 35.5. The first-order valence-corrected chi connectivity index (χ1v) is 6.20. The quantitative estimate of drug-likeness (QED) is 0.603. The molecule has 0 bridgehead atoms. The second kappa shape index (κ2) is 6.64. The maximum absolute atomic E-state index is 5.64. The van der Waals surface area contributed by atoms with Crippen LogP contribution in [0.5, 0.6) is 5.75 Å². The number of hydrogen-bond acceptors (Lipinski definition) is 2. The largest absolute Gasteiger partial charge is 0.496 e. The summed E-state index contributed by atoms with van der Waals surface area (Å²) in [7, 11) is 1.71. The Morgan fingerprint density at radius 1 is 1.38 bits per heavy atom. The standard InChI is InChI=1S/C13H20ClNO/c1-10(2)12-9-11(15-8-4-7-14)5-6-13(12)16-3/h5-6,9-10,15H,4,7-8H2,1-3H3. The minimum absolute atomic E-state index is 0.463. The van der Waals surface area contributed by atoms with Gasteiger partial charge in [0, 0.05) is 18.1 Å². The van der Waals surface area contributed by atoms with Gasteiger partial charge in [-0.3, -0.25) is 0 Å². The van der Waals surface area contributed by atoms with Crippen LogP contribution in [0.1, 0.15) is 31.7 Å². The number of nitrogens with one attached hydrogen (secondary N) is 1. The number of rotatable bonds is 6. The summed E-state index contributed by atoms with van der Waals surface area (Å²) >= 11 is 5.64. The minimum atomic E-state index is 0.463. The van der Waals surface area contributed by atoms with E-state index in [1.54, 1.807) is 7.11 Å². The molecule has 1 aromatic rings. The molecule has 0 aliphatic heterocycles. The Bertz CT molecular complexity index is 326. The highest BCUT2D eigenvalue weighted by Crippen LogP contribution is 2.29. The zero-order valence-corrected chi connectivity index (χ0v) is 11.0. The zero-order chi connectivity index (χ0) is 12.0. The lowest BCUT2D eigenvalue weighted by Crippen LogP contribution is -2.03. The lowest BCUT2D eigenvalue weighted by atomic mass is 10.0. The van der Waals surface area contributed by atoms with Gasteiger partial charge in [0.2, 0.25) is 0 Å². The van der Waals surface area contributed by atoms with E-state index in [1.807, 2.05) is 12.1 Å². The van der Waals surface area contributed by atoms with Crippen molar-refractivity contribution in [1.82, 2.24) is 0 Å². The summed E-state index contributed by atoms with van der Waals surface area (Å²) in [4.78, 5) is 0. The fourth-order valence-corrected chi connectivity index (χ4v) is 1.73. The molecule has 0 aromatic heterocycles. The van der Waals surface area contributed by atoms with E-state index in [-0.39, 0.29) is 0 Å². The van der Waals surface area contributed by atoms with E-state index in [4.69, 9.17) is 16.3 Å². The van der Waals surface area contributed by atoms with E-state index in [0.717, 1.165) is 24.4 Å². The summed E-state index contributed by atoms with van der Waals surface area (Å²) in [6.07, 6.45) is 0.977. The summed E-state index contributed by atoms with van der Waals surface area (Å²) < 4.78 is 5.34. The second-order valence-electron chi connectivity index (χ2n) is 4.08. The molecule has 0 saturated carbocycles. The molecule has 0 heterocycles. The zero-order valence-electron chi connectivity index (χ0n) is 10.2. The van der Waals surface area contributed by atoms with Gasteiger partial charge >= 0.3 is 0 Å². The van der Waals surface area contributed by atoms with Gasteiger partial charge in [0.1, 0.15) is 5.75 Å². The van der Waals surface area contributed by atoms with E-state index in [1.165, 1.54) is 5.56 Å². The predicted molar refractivity (Wildman–Crippen MR) is 70.9 cm³/mol. The smallest absolute Gasteiger partial charge is 0.122 e. The molecule has 0 fully saturated rings. The first-order chi connectivity index (χ1) is 7.69. The van der Waals surface area contributed by atoms with Gasteiger partial charge in [-0.1, -0.05) is 13.8 Å². The van der Waals surface area contributed by atoms with E-state index >= 15 is 0 Å². The van der Waals surface area contributed by atoms with Crippen molar-refractivity contribution < 1.29 is 4.74 Å². The molecule has 1 rings (SSSR count). The fourth-order valence-electron chi connectivity index (χ4n) is 1.60. The van der Waals surface area contributed by atoms with Crippen molar-refractivity contribution in [3.8, 4) is 5.75 Å². The number of ether oxygens (including phenoxy) is 1. The number of alkyl halides is 1. The average molecular weight is 242 g/mol. The van der Waals surface area contributed by atoms with Gasteiger partial charge in [0.15, 0.2) is 0 Å². The monoisotopic (exact) mass is 241 g/mol. The van der Waals surface area contributed by atoms with E-state index in [0.29, 0.717) is 11.8 Å². The molecule has 1 aromatic carbocycles. The average Bonchev–Trinajstić information content (AvgIpc) is 2.29. The third kappa shape index (κ3) is 3.60. The minimum Gasteiger partial charge on any atom is -0.496 e. The van der Waals surface area contributed by atoms with E-state index in [2.05, 4.69) is 25.2 Å². The Balaban J connectivity index is 2.77. The number of halogens is 1. The molecule has 0 saturated heterocycles. The second-order valence-corrected chi connectivity index (χ2v) is 4.46. The molecular weight excluding hydrogens is 222 g/mol. The van der Waals surface area contributed by atoms with Crippen LogP contribution < -0.4 is 10.1 Å². The van der Waals surface area contributed by atoms with Gasteiger partial charge in [-0.05, 0) is 36.1 Å². The van der Waals surface area contributed by atoms with Crippen molar-refractivity contribution in [3.05, 3.63) is 23.8 Å². The molecular formula is C13H20ClNO. The fraction of sp³-hybridized carbons (Fsp3) is 0.538. The Kier molecular flexibility index (Phi) is 5.47. The van der Waals surface area contributed by atoms with Crippen LogP contribution in [0.2, 0.25) is 0 Å². The lowest BCUT2D eigenvalue weighted by molar-refractivity contribution is 0.407. The highest BCUT2D eigenvalue weighted by molar-refractivity contribution is 6.17. The van der Waals surface area contributed by atoms with Crippen molar-refractivity contribution in [1.29, 1.82) is 0 Å². The molecule has 90 valence electrons. The van der Waals surface area contributed by atoms with Crippen molar-refractivity contribution in [2.24, 2.45) is 0 Å². The third-order valence-corrected chi connectivity index (χ3v) is 2.76. The molecule has 0 aliphatic rings. The van der Waals surface area contributed by atoms with Crippen LogP contribution in [0.15, 0.2) is 18.2 Å². The van der Waals surface area contributed by atoms with E-state index in [9.17, 15) is 0 Å². The van der Waals surface area contributed by atoms with Crippen LogP contribution in [-0.2, 0) is 0 Å². The summed E-state index contributed by atoms with van der Waals surface area (Å²) in [6, 6.07) is 6.20. The van der Waals surface area contributed by atoms with Crippen molar-refractivity contribution in [3.63, 3.8) is 0 Å². The summed E-state index contributed by atoms with van der Waals surface area (Å²) in [5, 5.41) is 3.35. The molecule has 16 heavy (non-hydrogen) atoms. The van der Waals surface area contributed by atoms with Crippen LogP contribution in [0.3, 0.4) is 0 Å². The number of hydrogen-bond donors (Lipinski definition) is 1. The molecule has 2 nitrogen and oxygen atoms in total. The van der Waals surface area contributed by atoms with Gasteiger partial charge in [0.05, 0.1) is 7.11 Å². The Hall–Kier alpha value is -0.890. The first-order valence-electron chi connectivity index (χ1n) is 5.66. The van der Waals surface area contributed by atoms with Crippen LogP contribution in [-0.4, -0.2) is 19.5 Å². The normalized spacial score (nSPS) is 10.6. The van der Waals surface area contributed by atoms with Crippen molar-refractivity contribution in [2.45, 2.75) is 26.2 Å². The first kappa shape index (κ1) is 13.2. The number of benzene rings is 1. The third-order valence-electron chi connectivity index (χ3n) is 2.49. The van der Waals surface area contributed by atoms with Crippen LogP contribution in [0.4, 0.5) is 5.69 Å². The van der Waals surface area contributed by atoms with Gasteiger partial charge in [-0.15, -0.1) is 11.6 Å². The number of anilines is 1. The van der Waals surface area contributed by atoms with Gasteiger partial charge in [-0.25, -0.2) is 0 Å². The Morgan fingerprint density at radius 3 is 2.69 bits per heavy atom. The lowest BCUT2D eigenvalue weighted by Gasteiger charge is -2.14. The van der Waals surface area contributed by atoms with Crippen LogP contribution in [0, 0.1) is 0 Å². The van der Waals surface area contributed by atoms with Crippen molar-refractivity contribution in [2.75, 3.05) is 24.9 Å². The Labute approximate surface area is 103 Å². The maximum atomic E-state index is 5.64. The van der Waals surface area contributed by atoms with Gasteiger partial charge in [0.25, 0.3) is 0 Å². The molecule has 1 N–H and O–H groups in total. The van der Waals surface area contributed by atoms with Crippen LogP contribution in [0.25, 0.3) is 0 Å². The molecule has 0 radical (unpaired) electrons. The van der Waals surface area contributed by atoms with Gasteiger partial charge in [-0.2, -0.15) is 0 Å². The predicted octanol–water partition coefficient (Wildman–Crippen LogP) is 3.86. The van der Waals surface area contributed by atoms with Gasteiger partial charge < -0.3 is 10.1 Å². The molecule has 0 unspecified atom stereocenters. The molecule has 0 spiro atoms. The Morgan fingerprint density at radius 2 is 2.12 bits per heavy atom. The number of methoxy groups -OCH3 is 1. The topological polar surface area (TPSA) is 21.3 Å². The highest BCUT2D eigenvalue weighted by Gasteiger charge is 2.07. The molecule has 0 atom stereocenters.